The predicted octanol–water partition coefficient (Wildman–Crippen LogP) is 2.74. The number of halogens is 2. The third-order valence-electron chi connectivity index (χ3n) is 1.69. The second kappa shape index (κ2) is 3.09. The topological polar surface area (TPSA) is 48.9 Å². The Morgan fingerprint density at radius 3 is 2.85 bits per heavy atom. The highest BCUT2D eigenvalue weighted by Gasteiger charge is 2.09. The fourth-order valence-electron chi connectivity index (χ4n) is 1.12. The number of H-pyrrole nitrogens is 1. The fraction of sp³-hybridized carbons (Fsp3) is 0.125. The Labute approximate surface area is 84.3 Å². The molecule has 0 bridgehead atoms. The maximum Gasteiger partial charge on any atom is 0.165 e. The highest BCUT2D eigenvalue weighted by molar-refractivity contribution is 6.43. The van der Waals surface area contributed by atoms with Gasteiger partial charge >= 0.3 is 0 Å². The zero-order valence-corrected chi connectivity index (χ0v) is 7.97. The zero-order chi connectivity index (χ0) is 9.42. The van der Waals surface area contributed by atoms with Crippen LogP contribution in [0.15, 0.2) is 18.2 Å². The Bertz CT molecular complexity index is 439. The number of aromatic hydroxyl groups is 1. The van der Waals surface area contributed by atoms with Gasteiger partial charge in [0.25, 0.3) is 0 Å². The standard InChI is InChI=1S/C8H6Cl2N2O/c9-7(10)8-11-5-2-1-4(13)3-6(5)12-8/h1-3,7,13H,(H,11,12). The quantitative estimate of drug-likeness (QED) is 0.721. The molecule has 2 aromatic rings. The Morgan fingerprint density at radius 1 is 1.38 bits per heavy atom. The van der Waals surface area contributed by atoms with Crippen LogP contribution in [0, 0.1) is 0 Å². The van der Waals surface area contributed by atoms with Gasteiger partial charge in [-0.05, 0) is 12.1 Å². The molecule has 0 aliphatic rings. The molecule has 0 atom stereocenters. The van der Waals surface area contributed by atoms with E-state index in [4.69, 9.17) is 28.3 Å². The molecule has 1 aromatic carbocycles. The fourth-order valence-corrected chi connectivity index (χ4v) is 1.33. The number of nitrogens with zero attached hydrogens (tertiary/aromatic N) is 1. The van der Waals surface area contributed by atoms with Gasteiger partial charge in [0, 0.05) is 6.07 Å². The number of hydrogen-bond acceptors (Lipinski definition) is 2. The van der Waals surface area contributed by atoms with E-state index >= 15 is 0 Å². The highest BCUT2D eigenvalue weighted by Crippen LogP contribution is 2.25. The number of hydrogen-bond donors (Lipinski definition) is 2. The van der Waals surface area contributed by atoms with Crippen LogP contribution < -0.4 is 0 Å². The van der Waals surface area contributed by atoms with E-state index in [0.717, 1.165) is 11.0 Å². The van der Waals surface area contributed by atoms with Gasteiger partial charge in [-0.25, -0.2) is 4.98 Å². The van der Waals surface area contributed by atoms with Crippen molar-refractivity contribution in [2.45, 2.75) is 4.84 Å². The average molecular weight is 217 g/mol. The summed E-state index contributed by atoms with van der Waals surface area (Å²) in [5.74, 6) is 0.673. The lowest BCUT2D eigenvalue weighted by Crippen LogP contribution is -1.82. The number of fused-ring (bicyclic) bond motifs is 1. The minimum absolute atomic E-state index is 0.184. The smallest absolute Gasteiger partial charge is 0.165 e. The van der Waals surface area contributed by atoms with E-state index in [0.29, 0.717) is 5.82 Å². The monoisotopic (exact) mass is 216 g/mol. The van der Waals surface area contributed by atoms with Crippen molar-refractivity contribution in [1.29, 1.82) is 0 Å². The van der Waals surface area contributed by atoms with E-state index < -0.39 is 4.84 Å². The molecule has 1 heterocycles. The molecule has 0 aliphatic carbocycles. The summed E-state index contributed by atoms with van der Waals surface area (Å²) in [4.78, 5) is 6.35. The minimum Gasteiger partial charge on any atom is -0.508 e. The maximum atomic E-state index is 9.16. The largest absolute Gasteiger partial charge is 0.508 e. The predicted molar refractivity (Wildman–Crippen MR) is 52.2 cm³/mol. The molecular weight excluding hydrogens is 211 g/mol. The molecule has 0 fully saturated rings. The molecule has 5 heteroatoms. The summed E-state index contributed by atoms with van der Waals surface area (Å²) in [6, 6.07) is 4.83. The number of alkyl halides is 2. The second-order valence-corrected chi connectivity index (χ2v) is 3.72. The van der Waals surface area contributed by atoms with Crippen LogP contribution in [0.2, 0.25) is 0 Å². The summed E-state index contributed by atoms with van der Waals surface area (Å²) < 4.78 is 0. The van der Waals surface area contributed by atoms with Crippen molar-refractivity contribution in [1.82, 2.24) is 9.97 Å². The second-order valence-electron chi connectivity index (χ2n) is 2.62. The normalized spacial score (nSPS) is 11.3. The Balaban J connectivity index is 2.62. The number of benzene rings is 1. The Kier molecular flexibility index (Phi) is 2.06. The molecule has 68 valence electrons. The van der Waals surface area contributed by atoms with Crippen molar-refractivity contribution < 1.29 is 5.11 Å². The summed E-state index contributed by atoms with van der Waals surface area (Å²) >= 11 is 11.2. The molecule has 0 saturated heterocycles. The number of imidazole rings is 1. The van der Waals surface area contributed by atoms with Gasteiger partial charge in [0.2, 0.25) is 0 Å². The van der Waals surface area contributed by atoms with E-state index in [1.54, 1.807) is 18.2 Å². The van der Waals surface area contributed by atoms with Crippen LogP contribution in [0.3, 0.4) is 0 Å². The van der Waals surface area contributed by atoms with Crippen LogP contribution >= 0.6 is 23.2 Å². The van der Waals surface area contributed by atoms with Gasteiger partial charge in [-0.1, -0.05) is 23.2 Å². The Hall–Kier alpha value is -0.930. The van der Waals surface area contributed by atoms with Crippen molar-refractivity contribution >= 4 is 34.2 Å². The lowest BCUT2D eigenvalue weighted by Gasteiger charge is -1.91. The summed E-state index contributed by atoms with van der Waals surface area (Å²) in [6.45, 7) is 0. The highest BCUT2D eigenvalue weighted by atomic mass is 35.5. The molecular formula is C8H6Cl2N2O. The van der Waals surface area contributed by atoms with Gasteiger partial charge in [0.05, 0.1) is 11.0 Å². The van der Waals surface area contributed by atoms with Gasteiger partial charge in [0.1, 0.15) is 11.6 Å². The van der Waals surface area contributed by atoms with Crippen molar-refractivity contribution in [2.75, 3.05) is 0 Å². The van der Waals surface area contributed by atoms with Gasteiger partial charge < -0.3 is 10.1 Å². The third kappa shape index (κ3) is 1.57. The number of aromatic nitrogens is 2. The summed E-state index contributed by atoms with van der Waals surface area (Å²) in [5, 5.41) is 9.16. The molecule has 0 unspecified atom stereocenters. The summed E-state index contributed by atoms with van der Waals surface area (Å²) in [5.41, 5.74) is 1.46. The first-order valence-electron chi connectivity index (χ1n) is 3.63. The van der Waals surface area contributed by atoms with E-state index in [2.05, 4.69) is 9.97 Å². The molecule has 1 aromatic heterocycles. The van der Waals surface area contributed by atoms with E-state index in [1.807, 2.05) is 0 Å². The first kappa shape index (κ1) is 8.66. The van der Waals surface area contributed by atoms with E-state index in [-0.39, 0.29) is 5.75 Å². The molecule has 0 aliphatic heterocycles. The minimum atomic E-state index is -0.672. The maximum absolute atomic E-state index is 9.16. The molecule has 0 saturated carbocycles. The van der Waals surface area contributed by atoms with Crippen LogP contribution in [0.25, 0.3) is 11.0 Å². The molecule has 13 heavy (non-hydrogen) atoms. The molecule has 0 radical (unpaired) electrons. The lowest BCUT2D eigenvalue weighted by molar-refractivity contribution is 0.476. The molecule has 0 spiro atoms. The van der Waals surface area contributed by atoms with Gasteiger partial charge in [0.15, 0.2) is 4.84 Å². The number of phenols is 1. The van der Waals surface area contributed by atoms with Crippen molar-refractivity contribution in [2.24, 2.45) is 0 Å². The van der Waals surface area contributed by atoms with Gasteiger partial charge in [-0.15, -0.1) is 0 Å². The van der Waals surface area contributed by atoms with Crippen LogP contribution in [-0.2, 0) is 0 Å². The average Bonchev–Trinajstić information content (AvgIpc) is 2.46. The van der Waals surface area contributed by atoms with E-state index in [9.17, 15) is 0 Å². The van der Waals surface area contributed by atoms with Crippen LogP contribution in [0.5, 0.6) is 5.75 Å². The number of nitrogens with one attached hydrogen (secondary N) is 1. The van der Waals surface area contributed by atoms with E-state index in [1.165, 1.54) is 0 Å². The van der Waals surface area contributed by atoms with Gasteiger partial charge in [-0.3, -0.25) is 0 Å². The number of aromatic amines is 1. The Morgan fingerprint density at radius 2 is 2.15 bits per heavy atom. The van der Waals surface area contributed by atoms with Crippen LogP contribution in [0.1, 0.15) is 10.7 Å². The molecule has 2 rings (SSSR count). The van der Waals surface area contributed by atoms with Crippen LogP contribution in [-0.4, -0.2) is 15.1 Å². The summed E-state index contributed by atoms with van der Waals surface area (Å²) in [6.07, 6.45) is 0. The summed E-state index contributed by atoms with van der Waals surface area (Å²) in [7, 11) is 0. The van der Waals surface area contributed by atoms with Crippen molar-refractivity contribution in [3.8, 4) is 5.75 Å². The number of phenolic OH excluding ortho intramolecular Hbond substituents is 1. The lowest BCUT2D eigenvalue weighted by atomic mass is 10.3. The molecule has 0 amide bonds. The number of rotatable bonds is 1. The van der Waals surface area contributed by atoms with Crippen molar-refractivity contribution in [3.63, 3.8) is 0 Å². The van der Waals surface area contributed by atoms with Crippen LogP contribution in [0.4, 0.5) is 0 Å². The first-order chi connectivity index (χ1) is 6.16. The van der Waals surface area contributed by atoms with Gasteiger partial charge in [-0.2, -0.15) is 0 Å². The third-order valence-corrected chi connectivity index (χ3v) is 2.10. The SMILES string of the molecule is Oc1ccc2nc(C(Cl)Cl)[nH]c2c1. The molecule has 3 nitrogen and oxygen atoms in total. The zero-order valence-electron chi connectivity index (χ0n) is 6.46. The van der Waals surface area contributed by atoms with Crippen molar-refractivity contribution in [3.05, 3.63) is 24.0 Å². The first-order valence-corrected chi connectivity index (χ1v) is 4.51. The molecule has 2 N–H and O–H groups in total.